The van der Waals surface area contributed by atoms with Crippen LogP contribution in [0.3, 0.4) is 0 Å². The number of ether oxygens (including phenoxy) is 1. The summed E-state index contributed by atoms with van der Waals surface area (Å²) in [6, 6.07) is 0. The molecule has 1 aliphatic heterocycles. The Morgan fingerprint density at radius 1 is 1.16 bits per heavy atom. The number of aliphatic hydroxyl groups excluding tert-OH is 1. The van der Waals surface area contributed by atoms with Gasteiger partial charge in [0.05, 0.1) is 0 Å². The number of rotatable bonds is 0. The first-order valence-corrected chi connectivity index (χ1v) is 6.10. The molecular formula is C11H13F5O3. The molecule has 5 atom stereocenters. The van der Waals surface area contributed by atoms with Gasteiger partial charge >= 0.3 is 17.9 Å². The van der Waals surface area contributed by atoms with Gasteiger partial charge in [0.25, 0.3) is 0 Å². The molecule has 3 aliphatic rings. The minimum atomic E-state index is -5.66. The Balaban J connectivity index is 2.05. The highest BCUT2D eigenvalue weighted by Crippen LogP contribution is 2.64. The molecule has 19 heavy (non-hydrogen) atoms. The van der Waals surface area contributed by atoms with Crippen LogP contribution < -0.4 is 0 Å². The number of halogens is 5. The number of hydrogen-bond acceptors (Lipinski definition) is 3. The van der Waals surface area contributed by atoms with Crippen LogP contribution in [0.5, 0.6) is 0 Å². The zero-order chi connectivity index (χ0) is 14.3. The van der Waals surface area contributed by atoms with Gasteiger partial charge in [-0.3, -0.25) is 0 Å². The van der Waals surface area contributed by atoms with Crippen molar-refractivity contribution in [3.8, 4) is 0 Å². The minimum Gasteiger partial charge on any atom is -0.384 e. The lowest BCUT2D eigenvalue weighted by Crippen LogP contribution is -2.59. The fourth-order valence-corrected chi connectivity index (χ4v) is 3.92. The largest absolute Gasteiger partial charge is 0.449 e. The molecule has 3 rings (SSSR count). The van der Waals surface area contributed by atoms with Crippen molar-refractivity contribution < 1.29 is 36.9 Å². The van der Waals surface area contributed by atoms with E-state index in [2.05, 4.69) is 4.74 Å². The third-order valence-corrected chi connectivity index (χ3v) is 4.82. The number of hydrogen-bond donors (Lipinski definition) is 2. The van der Waals surface area contributed by atoms with Gasteiger partial charge in [-0.1, -0.05) is 0 Å². The van der Waals surface area contributed by atoms with Crippen molar-refractivity contribution in [1.29, 1.82) is 0 Å². The van der Waals surface area contributed by atoms with Crippen molar-refractivity contribution in [2.45, 2.75) is 55.3 Å². The Morgan fingerprint density at radius 3 is 2.16 bits per heavy atom. The highest BCUT2D eigenvalue weighted by atomic mass is 19.4. The van der Waals surface area contributed by atoms with E-state index in [9.17, 15) is 32.2 Å². The number of aliphatic hydroxyl groups is 2. The van der Waals surface area contributed by atoms with E-state index in [-0.39, 0.29) is 12.3 Å². The van der Waals surface area contributed by atoms with Gasteiger partial charge in [-0.05, 0) is 37.5 Å². The highest BCUT2D eigenvalue weighted by molar-refractivity contribution is 5.18. The molecule has 1 spiro atoms. The van der Waals surface area contributed by atoms with Gasteiger partial charge in [0.15, 0.2) is 6.10 Å². The molecule has 2 saturated carbocycles. The molecule has 2 N–H and O–H groups in total. The maximum atomic E-state index is 13.8. The molecular weight excluding hydrogens is 275 g/mol. The molecule has 0 amide bonds. The Morgan fingerprint density at radius 2 is 1.79 bits per heavy atom. The average molecular weight is 288 g/mol. The summed E-state index contributed by atoms with van der Waals surface area (Å²) in [7, 11) is 0. The standard InChI is InChI=1S/C11H13F5O3/c12-9(13)7(17)8(4-5-1-2-6(8)3-5)19-10(9,18)11(14,15)16/h5-7,17-18H,1-4H2. The zero-order valence-corrected chi connectivity index (χ0v) is 9.75. The van der Waals surface area contributed by atoms with Gasteiger partial charge in [0.2, 0.25) is 0 Å². The van der Waals surface area contributed by atoms with E-state index < -0.39 is 35.5 Å². The first kappa shape index (κ1) is 13.5. The van der Waals surface area contributed by atoms with E-state index in [1.165, 1.54) is 0 Å². The quantitative estimate of drug-likeness (QED) is 0.669. The van der Waals surface area contributed by atoms with E-state index in [1.807, 2.05) is 0 Å². The summed E-state index contributed by atoms with van der Waals surface area (Å²) in [5.74, 6) is -9.96. The Bertz CT molecular complexity index is 412. The van der Waals surface area contributed by atoms with Crippen molar-refractivity contribution in [2.75, 3.05) is 0 Å². The van der Waals surface area contributed by atoms with E-state index >= 15 is 0 Å². The molecule has 110 valence electrons. The fourth-order valence-electron chi connectivity index (χ4n) is 3.92. The molecule has 3 fully saturated rings. The van der Waals surface area contributed by atoms with Crippen LogP contribution in [-0.4, -0.2) is 39.8 Å². The van der Waals surface area contributed by atoms with Crippen molar-refractivity contribution >= 4 is 0 Å². The first-order valence-electron chi connectivity index (χ1n) is 6.10. The molecule has 2 bridgehead atoms. The second-order valence-corrected chi connectivity index (χ2v) is 5.80. The van der Waals surface area contributed by atoms with Crippen LogP contribution in [0.15, 0.2) is 0 Å². The number of fused-ring (bicyclic) bond motifs is 3. The van der Waals surface area contributed by atoms with Crippen molar-refractivity contribution in [1.82, 2.24) is 0 Å². The van der Waals surface area contributed by atoms with E-state index in [0.29, 0.717) is 12.8 Å². The van der Waals surface area contributed by atoms with Gasteiger partial charge in [0.1, 0.15) is 5.60 Å². The maximum Gasteiger partial charge on any atom is 0.449 e. The summed E-state index contributed by atoms with van der Waals surface area (Å²) >= 11 is 0. The maximum absolute atomic E-state index is 13.8. The highest BCUT2D eigenvalue weighted by Gasteiger charge is 2.85. The van der Waals surface area contributed by atoms with Crippen LogP contribution in [0, 0.1) is 11.8 Å². The first-order chi connectivity index (χ1) is 8.55. The summed E-state index contributed by atoms with van der Waals surface area (Å²) in [6.45, 7) is 0. The van der Waals surface area contributed by atoms with Gasteiger partial charge in [-0.25, -0.2) is 0 Å². The van der Waals surface area contributed by atoms with Crippen LogP contribution in [-0.2, 0) is 4.74 Å². The summed E-state index contributed by atoms with van der Waals surface area (Å²) < 4.78 is 70.2. The van der Waals surface area contributed by atoms with Crippen LogP contribution >= 0.6 is 0 Å². The van der Waals surface area contributed by atoms with Crippen LogP contribution in [0.2, 0.25) is 0 Å². The lowest BCUT2D eigenvalue weighted by Gasteiger charge is -2.36. The molecule has 3 nitrogen and oxygen atoms in total. The van der Waals surface area contributed by atoms with E-state index in [0.717, 1.165) is 6.42 Å². The van der Waals surface area contributed by atoms with Gasteiger partial charge < -0.3 is 14.9 Å². The predicted octanol–water partition coefficient (Wildman–Crippen LogP) is 1.82. The second kappa shape index (κ2) is 3.40. The molecule has 2 aliphatic carbocycles. The minimum absolute atomic E-state index is 0.0222. The molecule has 0 aromatic rings. The third-order valence-electron chi connectivity index (χ3n) is 4.82. The second-order valence-electron chi connectivity index (χ2n) is 5.80. The SMILES string of the molecule is OC1C2(CC3CCC2C3)OC(O)(C(F)(F)F)C1(F)F. The molecule has 0 radical (unpaired) electrons. The van der Waals surface area contributed by atoms with Crippen LogP contribution in [0.25, 0.3) is 0 Å². The molecule has 5 unspecified atom stereocenters. The zero-order valence-electron chi connectivity index (χ0n) is 9.75. The topological polar surface area (TPSA) is 49.7 Å². The molecule has 1 saturated heterocycles. The average Bonchev–Trinajstić information content (AvgIpc) is 2.89. The monoisotopic (exact) mass is 288 g/mol. The Kier molecular flexibility index (Phi) is 2.42. The predicted molar refractivity (Wildman–Crippen MR) is 51.2 cm³/mol. The van der Waals surface area contributed by atoms with Gasteiger partial charge in [0, 0.05) is 0 Å². The van der Waals surface area contributed by atoms with Crippen molar-refractivity contribution in [3.05, 3.63) is 0 Å². The summed E-state index contributed by atoms with van der Waals surface area (Å²) in [5.41, 5.74) is -1.98. The number of alkyl halides is 5. The van der Waals surface area contributed by atoms with Gasteiger partial charge in [-0.15, -0.1) is 0 Å². The lowest BCUT2D eigenvalue weighted by atomic mass is 9.79. The lowest BCUT2D eigenvalue weighted by molar-refractivity contribution is -0.416. The molecule has 0 aromatic heterocycles. The van der Waals surface area contributed by atoms with E-state index in [4.69, 9.17) is 0 Å². The summed E-state index contributed by atoms with van der Waals surface area (Å²) in [6.07, 6.45) is -6.73. The molecule has 8 heteroatoms. The smallest absolute Gasteiger partial charge is 0.384 e. The van der Waals surface area contributed by atoms with Crippen molar-refractivity contribution in [2.24, 2.45) is 11.8 Å². The Hall–Kier alpha value is -0.470. The Labute approximate surface area is 105 Å². The summed E-state index contributed by atoms with van der Waals surface area (Å²) in [5, 5.41) is 19.0. The van der Waals surface area contributed by atoms with Crippen molar-refractivity contribution in [3.63, 3.8) is 0 Å². The van der Waals surface area contributed by atoms with E-state index in [1.54, 1.807) is 0 Å². The summed E-state index contributed by atoms with van der Waals surface area (Å²) in [4.78, 5) is 0. The van der Waals surface area contributed by atoms with Gasteiger partial charge in [-0.2, -0.15) is 22.0 Å². The third kappa shape index (κ3) is 1.37. The molecule has 0 aromatic carbocycles. The normalized spacial score (nSPS) is 52.3. The molecule has 1 heterocycles. The van der Waals surface area contributed by atoms with Crippen LogP contribution in [0.4, 0.5) is 22.0 Å². The fraction of sp³-hybridized carbons (Fsp3) is 1.00. The van der Waals surface area contributed by atoms with Crippen LogP contribution in [0.1, 0.15) is 25.7 Å².